The van der Waals surface area contributed by atoms with Gasteiger partial charge >= 0.3 is 6.18 Å². The Bertz CT molecular complexity index is 778. The summed E-state index contributed by atoms with van der Waals surface area (Å²) in [5.74, 6) is -1.73. The van der Waals surface area contributed by atoms with E-state index in [4.69, 9.17) is 23.2 Å². The van der Waals surface area contributed by atoms with Gasteiger partial charge in [0.25, 0.3) is 0 Å². The summed E-state index contributed by atoms with van der Waals surface area (Å²) in [7, 11) is 0. The molecule has 0 saturated heterocycles. The van der Waals surface area contributed by atoms with Gasteiger partial charge in [-0.1, -0.05) is 51.3 Å². The number of hydrogen-bond acceptors (Lipinski definition) is 2. The molecule has 0 fully saturated rings. The van der Waals surface area contributed by atoms with Gasteiger partial charge in [0.2, 0.25) is 0 Å². The van der Waals surface area contributed by atoms with Crippen LogP contribution < -0.4 is 5.01 Å². The highest BCUT2D eigenvalue weighted by molar-refractivity contribution is 9.10. The first kappa shape index (κ1) is 17.6. The van der Waals surface area contributed by atoms with E-state index in [0.29, 0.717) is 16.3 Å². The first-order chi connectivity index (χ1) is 11.3. The highest BCUT2D eigenvalue weighted by Crippen LogP contribution is 2.46. The first-order valence-corrected chi connectivity index (χ1v) is 8.43. The molecule has 0 aliphatic carbocycles. The van der Waals surface area contributed by atoms with Crippen LogP contribution in [0.15, 0.2) is 52.0 Å². The van der Waals surface area contributed by atoms with Crippen LogP contribution in [0.1, 0.15) is 11.6 Å². The minimum absolute atomic E-state index is 0.240. The summed E-state index contributed by atoms with van der Waals surface area (Å²) in [6, 6.07) is 10.2. The Balaban J connectivity index is 2.07. The molecule has 8 heteroatoms. The number of hydrogen-bond donors (Lipinski definition) is 0. The lowest BCUT2D eigenvalue weighted by molar-refractivity contribution is -0.157. The third-order valence-corrected chi connectivity index (χ3v) is 4.77. The molecule has 0 aromatic heterocycles. The fourth-order valence-electron chi connectivity index (χ4n) is 2.60. The van der Waals surface area contributed by atoms with E-state index in [-0.39, 0.29) is 5.02 Å². The summed E-state index contributed by atoms with van der Waals surface area (Å²) in [5.41, 5.74) is 0.862. The number of rotatable bonds is 2. The average Bonchev–Trinajstić information content (AvgIpc) is 2.93. The summed E-state index contributed by atoms with van der Waals surface area (Å²) < 4.78 is 41.1. The van der Waals surface area contributed by atoms with Crippen LogP contribution in [0.3, 0.4) is 0 Å². The normalized spacial score (nSPS) is 20.7. The molecule has 2 atom stereocenters. The topological polar surface area (TPSA) is 15.6 Å². The fourth-order valence-corrected chi connectivity index (χ4v) is 3.36. The van der Waals surface area contributed by atoms with Crippen LogP contribution in [-0.4, -0.2) is 12.4 Å². The predicted molar refractivity (Wildman–Crippen MR) is 93.9 cm³/mol. The van der Waals surface area contributed by atoms with E-state index < -0.39 is 18.1 Å². The lowest BCUT2D eigenvalue weighted by Gasteiger charge is -2.29. The van der Waals surface area contributed by atoms with Gasteiger partial charge in [-0.05, 0) is 35.9 Å². The van der Waals surface area contributed by atoms with Gasteiger partial charge in [-0.15, -0.1) is 0 Å². The van der Waals surface area contributed by atoms with E-state index in [1.165, 1.54) is 11.1 Å². The summed E-state index contributed by atoms with van der Waals surface area (Å²) in [5, 5.41) is 5.91. The highest BCUT2D eigenvalue weighted by Gasteiger charge is 2.50. The Morgan fingerprint density at radius 2 is 1.71 bits per heavy atom. The van der Waals surface area contributed by atoms with Crippen LogP contribution in [0.2, 0.25) is 10.0 Å². The zero-order valence-corrected chi connectivity index (χ0v) is 15.0. The SMILES string of the molecule is FC(F)(F)C1C=NN(c2ccc(Cl)cc2Cl)C1c1ccc(Br)cc1. The number of halogens is 6. The quantitative estimate of drug-likeness (QED) is 0.524. The van der Waals surface area contributed by atoms with Crippen molar-refractivity contribution in [1.82, 2.24) is 0 Å². The summed E-state index contributed by atoms with van der Waals surface area (Å²) >= 11 is 15.3. The Labute approximate surface area is 155 Å². The van der Waals surface area contributed by atoms with Crippen molar-refractivity contribution < 1.29 is 13.2 Å². The van der Waals surface area contributed by atoms with Gasteiger partial charge in [0.1, 0.15) is 5.92 Å². The second-order valence-electron chi connectivity index (χ2n) is 5.27. The van der Waals surface area contributed by atoms with Gasteiger partial charge in [-0.2, -0.15) is 18.3 Å². The van der Waals surface area contributed by atoms with Crippen molar-refractivity contribution in [3.63, 3.8) is 0 Å². The largest absolute Gasteiger partial charge is 0.399 e. The van der Waals surface area contributed by atoms with Crippen LogP contribution in [0.4, 0.5) is 18.9 Å². The molecule has 126 valence electrons. The monoisotopic (exact) mass is 436 g/mol. The van der Waals surface area contributed by atoms with E-state index in [1.54, 1.807) is 36.4 Å². The van der Waals surface area contributed by atoms with E-state index in [2.05, 4.69) is 21.0 Å². The molecule has 2 nitrogen and oxygen atoms in total. The smallest absolute Gasteiger partial charge is 0.256 e. The molecule has 2 unspecified atom stereocenters. The standard InChI is InChI=1S/C16H10BrCl2F3N2/c17-10-3-1-9(2-4-10)15-12(16(20,21)22)8-23-24(15)14-6-5-11(18)7-13(14)19/h1-8,12,15H. The van der Waals surface area contributed by atoms with Crippen molar-refractivity contribution in [2.45, 2.75) is 12.2 Å². The van der Waals surface area contributed by atoms with Crippen molar-refractivity contribution in [3.8, 4) is 0 Å². The van der Waals surface area contributed by atoms with E-state index in [9.17, 15) is 13.2 Å². The van der Waals surface area contributed by atoms with Gasteiger partial charge in [-0.25, -0.2) is 0 Å². The molecule has 1 heterocycles. The van der Waals surface area contributed by atoms with Gasteiger partial charge in [0.05, 0.1) is 16.8 Å². The van der Waals surface area contributed by atoms with Gasteiger partial charge in [0.15, 0.2) is 0 Å². The molecule has 24 heavy (non-hydrogen) atoms. The molecule has 1 aliphatic heterocycles. The number of alkyl halides is 3. The number of hydrazone groups is 1. The lowest BCUT2D eigenvalue weighted by Crippen LogP contribution is -2.33. The average molecular weight is 438 g/mol. The third kappa shape index (κ3) is 3.41. The van der Waals surface area contributed by atoms with E-state index >= 15 is 0 Å². The Morgan fingerprint density at radius 3 is 2.29 bits per heavy atom. The number of nitrogens with zero attached hydrogens (tertiary/aromatic N) is 2. The maximum atomic E-state index is 13.4. The van der Waals surface area contributed by atoms with Crippen LogP contribution in [-0.2, 0) is 0 Å². The third-order valence-electron chi connectivity index (χ3n) is 3.70. The molecule has 0 saturated carbocycles. The molecular weight excluding hydrogens is 428 g/mol. The predicted octanol–water partition coefficient (Wildman–Crippen LogP) is 6.48. The fraction of sp³-hybridized carbons (Fsp3) is 0.188. The van der Waals surface area contributed by atoms with Crippen LogP contribution in [0.25, 0.3) is 0 Å². The Hall–Kier alpha value is -1.24. The maximum Gasteiger partial charge on any atom is 0.399 e. The van der Waals surface area contributed by atoms with Crippen LogP contribution >= 0.6 is 39.1 Å². The molecule has 0 N–H and O–H groups in total. The molecule has 0 spiro atoms. The van der Waals surface area contributed by atoms with E-state index in [0.717, 1.165) is 10.7 Å². The zero-order chi connectivity index (χ0) is 17.5. The molecular formula is C16H10BrCl2F3N2. The Kier molecular flexibility index (Phi) is 4.82. The summed E-state index contributed by atoms with van der Waals surface area (Å²) in [4.78, 5) is 0. The maximum absolute atomic E-state index is 13.4. The molecule has 0 radical (unpaired) electrons. The number of anilines is 1. The van der Waals surface area contributed by atoms with Crippen LogP contribution in [0, 0.1) is 5.92 Å². The number of benzene rings is 2. The minimum atomic E-state index is -4.42. The second kappa shape index (κ2) is 6.58. The Morgan fingerprint density at radius 1 is 1.04 bits per heavy atom. The molecule has 2 aromatic rings. The first-order valence-electron chi connectivity index (χ1n) is 6.88. The second-order valence-corrected chi connectivity index (χ2v) is 7.03. The molecule has 1 aliphatic rings. The molecule has 3 rings (SSSR count). The molecule has 0 bridgehead atoms. The van der Waals surface area contributed by atoms with Crippen molar-refractivity contribution in [1.29, 1.82) is 0 Å². The van der Waals surface area contributed by atoms with Gasteiger partial charge < -0.3 is 0 Å². The van der Waals surface area contributed by atoms with Crippen molar-refractivity contribution >= 4 is 51.0 Å². The van der Waals surface area contributed by atoms with Crippen molar-refractivity contribution in [2.75, 3.05) is 5.01 Å². The van der Waals surface area contributed by atoms with Crippen molar-refractivity contribution in [2.24, 2.45) is 11.0 Å². The van der Waals surface area contributed by atoms with E-state index in [1.807, 2.05) is 0 Å². The highest BCUT2D eigenvalue weighted by atomic mass is 79.9. The van der Waals surface area contributed by atoms with Crippen molar-refractivity contribution in [3.05, 3.63) is 62.5 Å². The lowest BCUT2D eigenvalue weighted by atomic mass is 9.93. The summed E-state index contributed by atoms with van der Waals surface area (Å²) in [6.45, 7) is 0. The zero-order valence-electron chi connectivity index (χ0n) is 11.9. The minimum Gasteiger partial charge on any atom is -0.256 e. The summed E-state index contributed by atoms with van der Waals surface area (Å²) in [6.07, 6.45) is -3.51. The molecule has 0 amide bonds. The van der Waals surface area contributed by atoms with Crippen LogP contribution in [0.5, 0.6) is 0 Å². The molecule has 2 aromatic carbocycles. The van der Waals surface area contributed by atoms with Gasteiger partial charge in [-0.3, -0.25) is 5.01 Å². The van der Waals surface area contributed by atoms with Gasteiger partial charge in [0, 0.05) is 15.7 Å².